The topological polar surface area (TPSA) is 65.6 Å². The zero-order valence-electron chi connectivity index (χ0n) is 23.5. The van der Waals surface area contributed by atoms with Gasteiger partial charge in [-0.3, -0.25) is 9.36 Å². The first kappa shape index (κ1) is 29.6. The molecule has 2 aromatic heterocycles. The molecule has 0 bridgehead atoms. The van der Waals surface area contributed by atoms with Gasteiger partial charge in [-0.15, -0.1) is 0 Å². The standard InChI is InChI=1S/C31H27ClF3N3O3S/c1-6-41-29(40)24-26(20-10-12-22(32)13-11-20)38-28(39)23(42-30(38)36-27(24)31(33,34)35)15-21-14-18(4)37(19(21)5)25-16(2)8-7-9-17(25)3/h7-15,26H,6H2,1-5H3/b23-15-/t26-/m1/s1. The number of carbonyl (C=O) groups is 1. The number of benzene rings is 2. The summed E-state index contributed by atoms with van der Waals surface area (Å²) in [5.74, 6) is -1.19. The van der Waals surface area contributed by atoms with Crippen molar-refractivity contribution in [2.75, 3.05) is 6.61 Å². The molecule has 0 spiro atoms. The van der Waals surface area contributed by atoms with Crippen LogP contribution in [0.1, 0.15) is 46.6 Å². The lowest BCUT2D eigenvalue weighted by Crippen LogP contribution is -2.41. The van der Waals surface area contributed by atoms with Crippen molar-refractivity contribution >= 4 is 35.0 Å². The third kappa shape index (κ3) is 5.13. The van der Waals surface area contributed by atoms with Crippen LogP contribution in [0.3, 0.4) is 0 Å². The molecule has 0 saturated carbocycles. The van der Waals surface area contributed by atoms with Crippen LogP contribution in [0.15, 0.2) is 69.6 Å². The number of halogens is 4. The van der Waals surface area contributed by atoms with Crippen molar-refractivity contribution in [1.29, 1.82) is 0 Å². The largest absolute Gasteiger partial charge is 0.463 e. The third-order valence-corrected chi connectivity index (χ3v) is 8.44. The Hall–Kier alpha value is -3.89. The highest BCUT2D eigenvalue weighted by Crippen LogP contribution is 2.38. The number of esters is 1. The molecule has 218 valence electrons. The van der Waals surface area contributed by atoms with Gasteiger partial charge < -0.3 is 9.30 Å². The maximum atomic E-state index is 14.3. The number of thiazole rings is 1. The maximum Gasteiger partial charge on any atom is 0.434 e. The SMILES string of the molecule is CCOC(=O)C1=C(C(F)(F)F)N=c2s/c(=C\c3cc(C)n(-c4c(C)cccc4C)c3C)c(=O)n2[C@@H]1c1ccc(Cl)cc1. The predicted molar refractivity (Wildman–Crippen MR) is 157 cm³/mol. The van der Waals surface area contributed by atoms with E-state index in [4.69, 9.17) is 16.3 Å². The first-order chi connectivity index (χ1) is 19.8. The zero-order chi connectivity index (χ0) is 30.5. The highest BCUT2D eigenvalue weighted by atomic mass is 35.5. The molecule has 0 unspecified atom stereocenters. The monoisotopic (exact) mass is 613 g/mol. The summed E-state index contributed by atoms with van der Waals surface area (Å²) in [7, 11) is 0. The van der Waals surface area contributed by atoms with Crippen molar-refractivity contribution in [3.05, 3.63) is 118 Å². The van der Waals surface area contributed by atoms with Crippen LogP contribution >= 0.6 is 22.9 Å². The van der Waals surface area contributed by atoms with E-state index in [2.05, 4.69) is 9.56 Å². The van der Waals surface area contributed by atoms with Crippen molar-refractivity contribution in [1.82, 2.24) is 9.13 Å². The second-order valence-electron chi connectivity index (χ2n) is 10.0. The smallest absolute Gasteiger partial charge is 0.434 e. The van der Waals surface area contributed by atoms with E-state index in [1.54, 1.807) is 6.08 Å². The number of fused-ring (bicyclic) bond motifs is 1. The molecule has 4 aromatic rings. The average Bonchev–Trinajstić information content (AvgIpc) is 3.38. The molecule has 2 aromatic carbocycles. The minimum atomic E-state index is -4.97. The van der Waals surface area contributed by atoms with Crippen LogP contribution in [0.25, 0.3) is 11.8 Å². The highest BCUT2D eigenvalue weighted by molar-refractivity contribution is 7.07. The number of aromatic nitrogens is 2. The second kappa shape index (κ2) is 11.1. The van der Waals surface area contributed by atoms with Crippen LogP contribution < -0.4 is 14.9 Å². The lowest BCUT2D eigenvalue weighted by molar-refractivity contribution is -0.140. The molecule has 11 heteroatoms. The van der Waals surface area contributed by atoms with Crippen LogP contribution in [-0.4, -0.2) is 27.9 Å². The molecule has 1 aliphatic rings. The van der Waals surface area contributed by atoms with Crippen molar-refractivity contribution in [2.45, 2.75) is 46.8 Å². The van der Waals surface area contributed by atoms with Gasteiger partial charge in [-0.1, -0.05) is 53.3 Å². The number of alkyl halides is 3. The summed E-state index contributed by atoms with van der Waals surface area (Å²) >= 11 is 6.88. The normalized spacial score (nSPS) is 15.5. The molecule has 0 saturated heterocycles. The Kier molecular flexibility index (Phi) is 7.80. The molecule has 3 heterocycles. The van der Waals surface area contributed by atoms with Crippen LogP contribution in [0.2, 0.25) is 5.02 Å². The number of ether oxygens (including phenoxy) is 1. The molecule has 0 radical (unpaired) electrons. The second-order valence-corrected chi connectivity index (χ2v) is 11.5. The summed E-state index contributed by atoms with van der Waals surface area (Å²) in [5.41, 5.74) is 3.29. The van der Waals surface area contributed by atoms with Crippen LogP contribution in [0.5, 0.6) is 0 Å². The van der Waals surface area contributed by atoms with Crippen molar-refractivity contribution in [3.8, 4) is 5.69 Å². The summed E-state index contributed by atoms with van der Waals surface area (Å²) in [4.78, 5) is 30.6. The number of para-hydroxylation sites is 1. The zero-order valence-corrected chi connectivity index (χ0v) is 25.0. The minimum Gasteiger partial charge on any atom is -0.463 e. The summed E-state index contributed by atoms with van der Waals surface area (Å²) in [6.07, 6.45) is -3.31. The van der Waals surface area contributed by atoms with E-state index in [9.17, 15) is 22.8 Å². The number of rotatable bonds is 5. The summed E-state index contributed by atoms with van der Waals surface area (Å²) < 4.78 is 51.5. The molecular weight excluding hydrogens is 587 g/mol. The Morgan fingerprint density at radius 3 is 2.33 bits per heavy atom. The van der Waals surface area contributed by atoms with E-state index < -0.39 is 35.0 Å². The van der Waals surface area contributed by atoms with E-state index in [1.807, 2.05) is 52.0 Å². The van der Waals surface area contributed by atoms with E-state index in [-0.39, 0.29) is 21.5 Å². The maximum absolute atomic E-state index is 14.3. The number of carbonyl (C=O) groups excluding carboxylic acids is 1. The van der Waals surface area contributed by atoms with Crippen LogP contribution in [0, 0.1) is 27.7 Å². The van der Waals surface area contributed by atoms with Gasteiger partial charge in [0.15, 0.2) is 10.5 Å². The molecule has 0 amide bonds. The Balaban J connectivity index is 1.77. The van der Waals surface area contributed by atoms with Gasteiger partial charge in [0.2, 0.25) is 0 Å². The number of hydrogen-bond acceptors (Lipinski definition) is 5. The fourth-order valence-electron chi connectivity index (χ4n) is 5.38. The number of nitrogens with zero attached hydrogens (tertiary/aromatic N) is 3. The third-order valence-electron chi connectivity index (χ3n) is 7.20. The molecule has 6 nitrogen and oxygen atoms in total. The van der Waals surface area contributed by atoms with E-state index in [0.29, 0.717) is 5.02 Å². The molecule has 1 atom stereocenters. The van der Waals surface area contributed by atoms with Gasteiger partial charge in [-0.2, -0.15) is 13.2 Å². The van der Waals surface area contributed by atoms with Gasteiger partial charge in [-0.25, -0.2) is 9.79 Å². The van der Waals surface area contributed by atoms with Gasteiger partial charge >= 0.3 is 12.1 Å². The molecule has 0 aliphatic carbocycles. The molecule has 0 fully saturated rings. The lowest BCUT2D eigenvalue weighted by Gasteiger charge is -2.26. The van der Waals surface area contributed by atoms with Gasteiger partial charge in [0.25, 0.3) is 5.56 Å². The summed E-state index contributed by atoms with van der Waals surface area (Å²) in [6.45, 7) is 9.27. The molecule has 0 N–H and O–H groups in total. The number of aryl methyl sites for hydroxylation is 3. The fourth-order valence-corrected chi connectivity index (χ4v) is 6.50. The highest BCUT2D eigenvalue weighted by Gasteiger charge is 2.45. The Morgan fingerprint density at radius 2 is 1.74 bits per heavy atom. The van der Waals surface area contributed by atoms with E-state index in [0.717, 1.165) is 49.7 Å². The molecular formula is C31H27ClF3N3O3S. The predicted octanol–water partition coefficient (Wildman–Crippen LogP) is 6.02. The van der Waals surface area contributed by atoms with Gasteiger partial charge in [-0.05, 0) is 81.1 Å². The number of hydrogen-bond donors (Lipinski definition) is 0. The first-order valence-corrected chi connectivity index (χ1v) is 14.3. The minimum absolute atomic E-state index is 0.152. The molecule has 42 heavy (non-hydrogen) atoms. The van der Waals surface area contributed by atoms with Crippen molar-refractivity contribution in [2.24, 2.45) is 4.99 Å². The Labute approximate surface area is 248 Å². The quantitative estimate of drug-likeness (QED) is 0.259. The van der Waals surface area contributed by atoms with Gasteiger partial charge in [0.1, 0.15) is 0 Å². The summed E-state index contributed by atoms with van der Waals surface area (Å²) in [5, 5.41) is 0.350. The Morgan fingerprint density at radius 1 is 1.10 bits per heavy atom. The number of allylic oxidation sites excluding steroid dienone is 1. The average molecular weight is 614 g/mol. The first-order valence-electron chi connectivity index (χ1n) is 13.1. The van der Waals surface area contributed by atoms with Crippen LogP contribution in [0.4, 0.5) is 13.2 Å². The van der Waals surface area contributed by atoms with Crippen molar-refractivity contribution in [3.63, 3.8) is 0 Å². The van der Waals surface area contributed by atoms with Gasteiger partial charge in [0, 0.05) is 16.4 Å². The van der Waals surface area contributed by atoms with E-state index >= 15 is 0 Å². The lowest BCUT2D eigenvalue weighted by atomic mass is 9.95. The Bertz CT molecular complexity index is 1910. The van der Waals surface area contributed by atoms with Crippen LogP contribution in [-0.2, 0) is 9.53 Å². The fraction of sp³-hybridized carbons (Fsp3) is 0.258. The molecule has 5 rings (SSSR count). The van der Waals surface area contributed by atoms with E-state index in [1.165, 1.54) is 31.2 Å². The molecule has 1 aliphatic heterocycles. The summed E-state index contributed by atoms with van der Waals surface area (Å²) in [6, 6.07) is 12.5. The van der Waals surface area contributed by atoms with Crippen molar-refractivity contribution < 1.29 is 22.7 Å². The van der Waals surface area contributed by atoms with Gasteiger partial charge in [0.05, 0.1) is 28.4 Å².